The van der Waals surface area contributed by atoms with E-state index >= 15 is 0 Å². The van der Waals surface area contributed by atoms with Crippen LogP contribution in [-0.2, 0) is 11.3 Å². The Morgan fingerprint density at radius 1 is 1.04 bits per heavy atom. The van der Waals surface area contributed by atoms with Gasteiger partial charge in [0.2, 0.25) is 5.91 Å². The summed E-state index contributed by atoms with van der Waals surface area (Å²) in [6.45, 7) is -0.494. The maximum atomic E-state index is 12.5. The number of benzene rings is 2. The Labute approximate surface area is 155 Å². The quantitative estimate of drug-likeness (QED) is 0.438. The Kier molecular flexibility index (Phi) is 4.00. The van der Waals surface area contributed by atoms with Crippen LogP contribution in [0.2, 0.25) is 0 Å². The third-order valence-electron chi connectivity index (χ3n) is 4.15. The minimum Gasteiger partial charge on any atom is -0.543 e. The standard InChI is InChI=1S/C18H13N5O5/c24-14(19-9-5-6-12-13(7-9)21-18(28)20-12)8-23-16(25)11-4-2-1-3-10(11)15(22-23)17(26)27/h1-7H,8H2,(H,19,24)(H,26,27)(H2,20,21,28)/p-1. The molecule has 4 aromatic rings. The van der Waals surface area contributed by atoms with E-state index in [2.05, 4.69) is 20.4 Å². The van der Waals surface area contributed by atoms with E-state index in [9.17, 15) is 24.3 Å². The Hall–Kier alpha value is -4.21. The summed E-state index contributed by atoms with van der Waals surface area (Å²) in [5.74, 6) is -2.14. The summed E-state index contributed by atoms with van der Waals surface area (Å²) in [6, 6.07) is 10.8. The van der Waals surface area contributed by atoms with Crippen molar-refractivity contribution >= 4 is 39.4 Å². The Morgan fingerprint density at radius 2 is 1.75 bits per heavy atom. The molecule has 0 unspecified atom stereocenters. The fourth-order valence-corrected chi connectivity index (χ4v) is 2.94. The van der Waals surface area contributed by atoms with Gasteiger partial charge in [-0.05, 0) is 24.3 Å². The summed E-state index contributed by atoms with van der Waals surface area (Å²) in [5.41, 5.74) is 0.0782. The molecule has 2 aromatic heterocycles. The van der Waals surface area contributed by atoms with Crippen LogP contribution in [0.1, 0.15) is 10.5 Å². The summed E-state index contributed by atoms with van der Waals surface area (Å²) in [4.78, 5) is 52.7. The van der Waals surface area contributed by atoms with Gasteiger partial charge in [-0.3, -0.25) is 9.59 Å². The molecule has 10 nitrogen and oxygen atoms in total. The summed E-state index contributed by atoms with van der Waals surface area (Å²) in [6.07, 6.45) is 0. The molecule has 140 valence electrons. The number of carboxylic acid groups (broad SMARTS) is 1. The number of fused-ring (bicyclic) bond motifs is 2. The second kappa shape index (κ2) is 6.50. The molecule has 4 rings (SSSR count). The van der Waals surface area contributed by atoms with Crippen molar-refractivity contribution in [1.29, 1.82) is 0 Å². The number of hydrogen-bond donors (Lipinski definition) is 3. The largest absolute Gasteiger partial charge is 0.543 e. The number of H-pyrrole nitrogens is 2. The molecule has 0 aliphatic rings. The third kappa shape index (κ3) is 3.03. The topological polar surface area (TPSA) is 153 Å². The molecule has 2 aromatic carbocycles. The van der Waals surface area contributed by atoms with E-state index in [1.807, 2.05) is 0 Å². The number of rotatable bonds is 4. The van der Waals surface area contributed by atoms with E-state index in [0.717, 1.165) is 4.68 Å². The molecule has 10 heteroatoms. The van der Waals surface area contributed by atoms with Crippen molar-refractivity contribution in [2.75, 3.05) is 5.32 Å². The Balaban J connectivity index is 1.66. The highest BCUT2D eigenvalue weighted by Gasteiger charge is 2.14. The Morgan fingerprint density at radius 3 is 2.50 bits per heavy atom. The molecule has 28 heavy (non-hydrogen) atoms. The van der Waals surface area contributed by atoms with Crippen LogP contribution in [0.4, 0.5) is 5.69 Å². The molecule has 0 aliphatic heterocycles. The van der Waals surface area contributed by atoms with Crippen molar-refractivity contribution in [3.63, 3.8) is 0 Å². The van der Waals surface area contributed by atoms with Crippen LogP contribution < -0.4 is 21.7 Å². The number of carbonyl (C=O) groups is 2. The van der Waals surface area contributed by atoms with E-state index in [0.29, 0.717) is 16.7 Å². The van der Waals surface area contributed by atoms with Crippen molar-refractivity contribution in [2.45, 2.75) is 6.54 Å². The molecule has 0 radical (unpaired) electrons. The van der Waals surface area contributed by atoms with Crippen LogP contribution in [0.5, 0.6) is 0 Å². The van der Waals surface area contributed by atoms with Crippen LogP contribution in [0, 0.1) is 0 Å². The molecular weight excluding hydrogens is 366 g/mol. The fourth-order valence-electron chi connectivity index (χ4n) is 2.94. The normalized spacial score (nSPS) is 11.0. The van der Waals surface area contributed by atoms with Crippen LogP contribution >= 0.6 is 0 Å². The predicted octanol–water partition coefficient (Wildman–Crippen LogP) is -0.432. The number of anilines is 1. The van der Waals surface area contributed by atoms with Crippen molar-refractivity contribution in [3.8, 4) is 0 Å². The zero-order valence-electron chi connectivity index (χ0n) is 14.2. The predicted molar refractivity (Wildman–Crippen MR) is 97.9 cm³/mol. The number of nitrogens with one attached hydrogen (secondary N) is 3. The minimum atomic E-state index is -1.55. The van der Waals surface area contributed by atoms with Crippen molar-refractivity contribution in [2.24, 2.45) is 0 Å². The molecule has 0 fully saturated rings. The zero-order valence-corrected chi connectivity index (χ0v) is 14.2. The number of aromatic amines is 2. The molecule has 1 amide bonds. The van der Waals surface area contributed by atoms with Crippen LogP contribution in [0.15, 0.2) is 52.1 Å². The van der Waals surface area contributed by atoms with Gasteiger partial charge in [-0.2, -0.15) is 5.10 Å². The van der Waals surface area contributed by atoms with Gasteiger partial charge >= 0.3 is 5.69 Å². The van der Waals surface area contributed by atoms with Gasteiger partial charge in [0.05, 0.1) is 22.4 Å². The van der Waals surface area contributed by atoms with Gasteiger partial charge in [-0.15, -0.1) is 0 Å². The summed E-state index contributed by atoms with van der Waals surface area (Å²) < 4.78 is 0.777. The van der Waals surface area contributed by atoms with E-state index in [1.54, 1.807) is 30.3 Å². The molecule has 0 saturated heterocycles. The lowest BCUT2D eigenvalue weighted by Gasteiger charge is -2.11. The number of aromatic carboxylic acids is 1. The second-order valence-electron chi connectivity index (χ2n) is 6.03. The molecule has 2 heterocycles. The van der Waals surface area contributed by atoms with Crippen molar-refractivity contribution in [1.82, 2.24) is 19.7 Å². The first kappa shape index (κ1) is 17.2. The van der Waals surface area contributed by atoms with Crippen LogP contribution in [-0.4, -0.2) is 31.6 Å². The Bertz CT molecular complexity index is 1360. The fraction of sp³-hybridized carbons (Fsp3) is 0.0556. The SMILES string of the molecule is O=C(Cn1nc(C(=O)[O-])c2ccccc2c1=O)Nc1ccc2[nH]c(=O)[nH]c2c1. The van der Waals surface area contributed by atoms with E-state index < -0.39 is 29.7 Å². The monoisotopic (exact) mass is 378 g/mol. The number of carbonyl (C=O) groups excluding carboxylic acids is 2. The lowest BCUT2D eigenvalue weighted by Crippen LogP contribution is -2.34. The molecule has 0 bridgehead atoms. The highest BCUT2D eigenvalue weighted by Crippen LogP contribution is 2.15. The number of aromatic nitrogens is 4. The molecule has 0 saturated carbocycles. The third-order valence-corrected chi connectivity index (χ3v) is 4.15. The lowest BCUT2D eigenvalue weighted by atomic mass is 10.1. The number of nitrogens with zero attached hydrogens (tertiary/aromatic N) is 2. The molecule has 3 N–H and O–H groups in total. The van der Waals surface area contributed by atoms with Gasteiger partial charge in [0.25, 0.3) is 5.56 Å². The van der Waals surface area contributed by atoms with Gasteiger partial charge in [-0.25, -0.2) is 9.48 Å². The number of carboxylic acids is 1. The van der Waals surface area contributed by atoms with E-state index in [-0.39, 0.29) is 16.5 Å². The first-order chi connectivity index (χ1) is 13.4. The summed E-state index contributed by atoms with van der Waals surface area (Å²) in [5, 5.41) is 18.0. The van der Waals surface area contributed by atoms with Crippen molar-refractivity contribution in [3.05, 3.63) is 69.0 Å². The average molecular weight is 378 g/mol. The number of amides is 1. The maximum Gasteiger partial charge on any atom is 0.323 e. The van der Waals surface area contributed by atoms with E-state index in [1.165, 1.54) is 12.1 Å². The van der Waals surface area contributed by atoms with Gasteiger partial charge in [0.1, 0.15) is 12.2 Å². The highest BCUT2D eigenvalue weighted by atomic mass is 16.4. The maximum absolute atomic E-state index is 12.5. The number of imidazole rings is 1. The summed E-state index contributed by atoms with van der Waals surface area (Å²) >= 11 is 0. The number of hydrogen-bond acceptors (Lipinski definition) is 6. The molecule has 0 atom stereocenters. The lowest BCUT2D eigenvalue weighted by molar-refractivity contribution is -0.255. The van der Waals surface area contributed by atoms with Crippen LogP contribution in [0.25, 0.3) is 21.8 Å². The van der Waals surface area contributed by atoms with Gasteiger partial charge in [-0.1, -0.05) is 18.2 Å². The minimum absolute atomic E-state index is 0.121. The molecular formula is C18H12N5O5-. The van der Waals surface area contributed by atoms with Gasteiger partial charge in [0.15, 0.2) is 0 Å². The summed E-state index contributed by atoms with van der Waals surface area (Å²) in [7, 11) is 0. The molecule has 0 aliphatic carbocycles. The van der Waals surface area contributed by atoms with Gasteiger partial charge in [0, 0.05) is 11.1 Å². The van der Waals surface area contributed by atoms with Crippen LogP contribution in [0.3, 0.4) is 0 Å². The first-order valence-corrected chi connectivity index (χ1v) is 8.15. The smallest absolute Gasteiger partial charge is 0.323 e. The van der Waals surface area contributed by atoms with E-state index in [4.69, 9.17) is 0 Å². The average Bonchev–Trinajstić information content (AvgIpc) is 3.03. The van der Waals surface area contributed by atoms with Crippen molar-refractivity contribution < 1.29 is 14.7 Å². The molecule has 0 spiro atoms. The van der Waals surface area contributed by atoms with Gasteiger partial charge < -0.3 is 25.2 Å². The second-order valence-corrected chi connectivity index (χ2v) is 6.03. The first-order valence-electron chi connectivity index (χ1n) is 8.15. The highest BCUT2D eigenvalue weighted by molar-refractivity contribution is 6.00. The zero-order chi connectivity index (χ0) is 19.8.